The Morgan fingerprint density at radius 1 is 1.04 bits per heavy atom. The van der Waals surface area contributed by atoms with E-state index < -0.39 is 0 Å². The Morgan fingerprint density at radius 2 is 1.72 bits per heavy atom. The third-order valence-corrected chi connectivity index (χ3v) is 5.10. The van der Waals surface area contributed by atoms with E-state index in [4.69, 9.17) is 18.9 Å². The first kappa shape index (κ1) is 16.8. The lowest BCUT2D eigenvalue weighted by molar-refractivity contribution is 0.0728. The molecule has 1 aromatic rings. The molecular formula is C21H26O4. The number of allylic oxidation sites excluding steroid dienone is 2. The molecule has 0 aromatic heterocycles. The van der Waals surface area contributed by atoms with E-state index in [-0.39, 0.29) is 17.6 Å². The molecule has 2 aliphatic heterocycles. The number of ether oxygens (including phenoxy) is 4. The predicted molar refractivity (Wildman–Crippen MR) is 96.0 cm³/mol. The van der Waals surface area contributed by atoms with Crippen LogP contribution in [0.1, 0.15) is 25.8 Å². The van der Waals surface area contributed by atoms with Crippen molar-refractivity contribution >= 4 is 0 Å². The number of hydrogen-bond donors (Lipinski definition) is 0. The van der Waals surface area contributed by atoms with Crippen molar-refractivity contribution in [2.24, 2.45) is 0 Å². The molecule has 0 bridgehead atoms. The van der Waals surface area contributed by atoms with Crippen LogP contribution in [0.25, 0.3) is 0 Å². The predicted octanol–water partition coefficient (Wildman–Crippen LogP) is 3.41. The van der Waals surface area contributed by atoms with Gasteiger partial charge in [0.25, 0.3) is 0 Å². The molecule has 1 aromatic carbocycles. The summed E-state index contributed by atoms with van der Waals surface area (Å²) in [6.45, 7) is 7.54. The van der Waals surface area contributed by atoms with Crippen LogP contribution < -0.4 is 4.74 Å². The van der Waals surface area contributed by atoms with Crippen molar-refractivity contribution in [2.45, 2.75) is 44.0 Å². The third-order valence-electron chi connectivity index (χ3n) is 5.10. The topological polar surface area (TPSA) is 43.5 Å². The van der Waals surface area contributed by atoms with Crippen molar-refractivity contribution in [3.8, 4) is 5.75 Å². The third kappa shape index (κ3) is 4.32. The number of benzene rings is 1. The minimum Gasteiger partial charge on any atom is -0.491 e. The SMILES string of the molecule is CC(C)(C1=CCC(OCC2CO2)C=C1)c1ccc(OC[C@@H]2CO2)cc1. The first-order valence-corrected chi connectivity index (χ1v) is 9.08. The van der Waals surface area contributed by atoms with Gasteiger partial charge in [0.05, 0.1) is 25.9 Å². The van der Waals surface area contributed by atoms with E-state index in [0.717, 1.165) is 25.4 Å². The second-order valence-corrected chi connectivity index (χ2v) is 7.50. The van der Waals surface area contributed by atoms with Gasteiger partial charge in [0.15, 0.2) is 0 Å². The number of epoxide rings is 2. The highest BCUT2D eigenvalue weighted by Crippen LogP contribution is 2.35. The van der Waals surface area contributed by atoms with E-state index in [0.29, 0.717) is 19.3 Å². The summed E-state index contributed by atoms with van der Waals surface area (Å²) < 4.78 is 22.0. The lowest BCUT2D eigenvalue weighted by Gasteiger charge is -2.30. The molecule has 0 saturated carbocycles. The molecule has 4 rings (SSSR count). The highest BCUT2D eigenvalue weighted by atomic mass is 16.6. The molecule has 134 valence electrons. The lowest BCUT2D eigenvalue weighted by Crippen LogP contribution is -2.23. The molecule has 4 heteroatoms. The molecule has 0 spiro atoms. The maximum Gasteiger partial charge on any atom is 0.119 e. The molecule has 3 atom stereocenters. The van der Waals surface area contributed by atoms with Gasteiger partial charge in [-0.3, -0.25) is 0 Å². The van der Waals surface area contributed by atoms with Crippen LogP contribution >= 0.6 is 0 Å². The zero-order valence-electron chi connectivity index (χ0n) is 14.9. The summed E-state index contributed by atoms with van der Waals surface area (Å²) >= 11 is 0. The van der Waals surface area contributed by atoms with Crippen molar-refractivity contribution < 1.29 is 18.9 Å². The summed E-state index contributed by atoms with van der Waals surface area (Å²) in [5.74, 6) is 0.902. The molecule has 2 unspecified atom stereocenters. The fourth-order valence-electron chi connectivity index (χ4n) is 3.07. The van der Waals surface area contributed by atoms with Gasteiger partial charge in [0.1, 0.15) is 24.6 Å². The molecule has 0 radical (unpaired) electrons. The molecular weight excluding hydrogens is 316 g/mol. The van der Waals surface area contributed by atoms with Crippen LogP contribution in [0.15, 0.2) is 48.1 Å². The largest absolute Gasteiger partial charge is 0.491 e. The minimum atomic E-state index is -0.0425. The first-order chi connectivity index (χ1) is 12.1. The molecule has 4 nitrogen and oxygen atoms in total. The van der Waals surface area contributed by atoms with Gasteiger partial charge in [-0.25, -0.2) is 0 Å². The average molecular weight is 342 g/mol. The van der Waals surface area contributed by atoms with Crippen LogP contribution in [-0.2, 0) is 19.6 Å². The quantitative estimate of drug-likeness (QED) is 0.679. The molecule has 25 heavy (non-hydrogen) atoms. The summed E-state index contributed by atoms with van der Waals surface area (Å²) in [4.78, 5) is 0. The Kier molecular flexibility index (Phi) is 4.67. The van der Waals surface area contributed by atoms with E-state index in [9.17, 15) is 0 Å². The Morgan fingerprint density at radius 3 is 2.32 bits per heavy atom. The Bertz CT molecular complexity index is 651. The van der Waals surface area contributed by atoms with Crippen molar-refractivity contribution in [1.82, 2.24) is 0 Å². The second kappa shape index (κ2) is 6.94. The van der Waals surface area contributed by atoms with Crippen molar-refractivity contribution in [3.05, 3.63) is 53.6 Å². The zero-order valence-corrected chi connectivity index (χ0v) is 14.9. The Hall–Kier alpha value is -1.62. The van der Waals surface area contributed by atoms with Gasteiger partial charge in [-0.1, -0.05) is 44.2 Å². The molecule has 2 heterocycles. The van der Waals surface area contributed by atoms with Crippen LogP contribution in [0.3, 0.4) is 0 Å². The van der Waals surface area contributed by atoms with Crippen LogP contribution in [0, 0.1) is 0 Å². The molecule has 0 amide bonds. The van der Waals surface area contributed by atoms with Crippen molar-refractivity contribution in [2.75, 3.05) is 26.4 Å². The molecule has 0 N–H and O–H groups in total. The molecule has 2 saturated heterocycles. The summed E-state index contributed by atoms with van der Waals surface area (Å²) in [6, 6.07) is 8.41. The Labute approximate surface area is 149 Å². The van der Waals surface area contributed by atoms with E-state index >= 15 is 0 Å². The van der Waals surface area contributed by atoms with Crippen LogP contribution in [0.2, 0.25) is 0 Å². The Balaban J connectivity index is 1.35. The van der Waals surface area contributed by atoms with E-state index in [1.54, 1.807) is 0 Å². The first-order valence-electron chi connectivity index (χ1n) is 9.08. The van der Waals surface area contributed by atoms with Gasteiger partial charge in [-0.15, -0.1) is 0 Å². The molecule has 3 aliphatic rings. The summed E-state index contributed by atoms with van der Waals surface area (Å²) in [5, 5.41) is 0. The standard InChI is InChI=1S/C21H26O4/c1-21(2,15-3-7-17(8-4-15)22-11-19-13-24-19)16-5-9-18(10-6-16)23-12-20-14-25-20/h3-9,18-20H,10-14H2,1-2H3/t18?,19-,20?/m1/s1. The van der Waals surface area contributed by atoms with Crippen molar-refractivity contribution in [1.29, 1.82) is 0 Å². The number of rotatable bonds is 8. The summed E-state index contributed by atoms with van der Waals surface area (Å²) in [7, 11) is 0. The second-order valence-electron chi connectivity index (χ2n) is 7.50. The fraction of sp³-hybridized carbons (Fsp3) is 0.524. The van der Waals surface area contributed by atoms with E-state index in [1.165, 1.54) is 11.1 Å². The average Bonchev–Trinajstić information content (AvgIpc) is 3.54. The van der Waals surface area contributed by atoms with E-state index in [1.807, 2.05) is 12.1 Å². The van der Waals surface area contributed by atoms with Gasteiger partial charge >= 0.3 is 0 Å². The maximum absolute atomic E-state index is 5.86. The molecule has 1 aliphatic carbocycles. The van der Waals surface area contributed by atoms with Gasteiger partial charge in [0, 0.05) is 5.41 Å². The highest BCUT2D eigenvalue weighted by molar-refractivity contribution is 5.43. The highest BCUT2D eigenvalue weighted by Gasteiger charge is 2.28. The van der Waals surface area contributed by atoms with Gasteiger partial charge in [-0.05, 0) is 29.7 Å². The minimum absolute atomic E-state index is 0.0425. The number of hydrogen-bond acceptors (Lipinski definition) is 4. The smallest absolute Gasteiger partial charge is 0.119 e. The zero-order chi connectivity index (χ0) is 17.3. The van der Waals surface area contributed by atoms with Crippen molar-refractivity contribution in [3.63, 3.8) is 0 Å². The van der Waals surface area contributed by atoms with E-state index in [2.05, 4.69) is 44.2 Å². The summed E-state index contributed by atoms with van der Waals surface area (Å²) in [5.41, 5.74) is 2.57. The maximum atomic E-state index is 5.86. The van der Waals surface area contributed by atoms with Crippen LogP contribution in [0.4, 0.5) is 0 Å². The summed E-state index contributed by atoms with van der Waals surface area (Å²) in [6.07, 6.45) is 8.38. The lowest BCUT2D eigenvalue weighted by atomic mass is 9.75. The van der Waals surface area contributed by atoms with Gasteiger partial charge in [0.2, 0.25) is 0 Å². The molecule has 2 fully saturated rings. The monoisotopic (exact) mass is 342 g/mol. The normalized spacial score (nSPS) is 27.8. The van der Waals surface area contributed by atoms with Crippen LogP contribution in [-0.4, -0.2) is 44.7 Å². The fourth-order valence-corrected chi connectivity index (χ4v) is 3.07. The van der Waals surface area contributed by atoms with Gasteiger partial charge in [-0.2, -0.15) is 0 Å². The van der Waals surface area contributed by atoms with Gasteiger partial charge < -0.3 is 18.9 Å². The van der Waals surface area contributed by atoms with Crippen LogP contribution in [0.5, 0.6) is 5.75 Å².